The smallest absolute Gasteiger partial charge is 0.00228 e. The SMILES string of the molecule is CC[C@@H]1C=C1CCCN. The van der Waals surface area contributed by atoms with Crippen LogP contribution in [0.3, 0.4) is 0 Å². The number of nitrogens with two attached hydrogens (primary N) is 1. The van der Waals surface area contributed by atoms with Crippen molar-refractivity contribution in [2.45, 2.75) is 26.2 Å². The summed E-state index contributed by atoms with van der Waals surface area (Å²) in [6, 6.07) is 0. The third-order valence-electron chi connectivity index (χ3n) is 1.89. The molecule has 0 aromatic heterocycles. The molecule has 2 N–H and O–H groups in total. The number of hydrogen-bond donors (Lipinski definition) is 1. The lowest BCUT2D eigenvalue weighted by atomic mass is 10.1. The molecule has 1 heteroatoms. The van der Waals surface area contributed by atoms with Gasteiger partial charge in [0.05, 0.1) is 0 Å². The van der Waals surface area contributed by atoms with Gasteiger partial charge in [0.25, 0.3) is 0 Å². The second-order valence-corrected chi connectivity index (χ2v) is 2.65. The normalized spacial score (nSPS) is 23.8. The molecule has 0 saturated carbocycles. The minimum atomic E-state index is 0.841. The Hall–Kier alpha value is -0.300. The summed E-state index contributed by atoms with van der Waals surface area (Å²) < 4.78 is 0. The molecule has 9 heavy (non-hydrogen) atoms. The summed E-state index contributed by atoms with van der Waals surface area (Å²) in [6.45, 7) is 3.07. The van der Waals surface area contributed by atoms with E-state index in [0.29, 0.717) is 0 Å². The monoisotopic (exact) mass is 125 g/mol. The first kappa shape index (κ1) is 6.81. The van der Waals surface area contributed by atoms with Gasteiger partial charge in [-0.25, -0.2) is 0 Å². The van der Waals surface area contributed by atoms with Gasteiger partial charge in [0.1, 0.15) is 0 Å². The van der Waals surface area contributed by atoms with E-state index in [-0.39, 0.29) is 0 Å². The molecule has 1 nitrogen and oxygen atoms in total. The second kappa shape index (κ2) is 3.02. The van der Waals surface area contributed by atoms with E-state index < -0.39 is 0 Å². The van der Waals surface area contributed by atoms with Gasteiger partial charge in [0.15, 0.2) is 0 Å². The van der Waals surface area contributed by atoms with E-state index in [1.807, 2.05) is 0 Å². The van der Waals surface area contributed by atoms with Gasteiger partial charge in [-0.2, -0.15) is 0 Å². The molecule has 1 aliphatic carbocycles. The number of allylic oxidation sites excluding steroid dienone is 2. The van der Waals surface area contributed by atoms with Crippen molar-refractivity contribution in [3.05, 3.63) is 11.6 Å². The molecule has 0 unspecified atom stereocenters. The van der Waals surface area contributed by atoms with E-state index in [0.717, 1.165) is 12.5 Å². The molecule has 0 radical (unpaired) electrons. The molecule has 1 atom stereocenters. The van der Waals surface area contributed by atoms with E-state index in [2.05, 4.69) is 13.0 Å². The summed E-state index contributed by atoms with van der Waals surface area (Å²) in [7, 11) is 0. The maximum absolute atomic E-state index is 5.36. The van der Waals surface area contributed by atoms with Gasteiger partial charge in [-0.05, 0) is 31.7 Å². The molecule has 52 valence electrons. The van der Waals surface area contributed by atoms with Crippen molar-refractivity contribution >= 4 is 0 Å². The molecule has 0 heterocycles. The van der Waals surface area contributed by atoms with E-state index in [1.54, 1.807) is 5.57 Å². The molecule has 0 aromatic carbocycles. The minimum absolute atomic E-state index is 0.841. The highest BCUT2D eigenvalue weighted by Crippen LogP contribution is 2.34. The minimum Gasteiger partial charge on any atom is -0.330 e. The van der Waals surface area contributed by atoms with Crippen molar-refractivity contribution in [1.82, 2.24) is 0 Å². The van der Waals surface area contributed by atoms with Crippen molar-refractivity contribution < 1.29 is 0 Å². The lowest BCUT2D eigenvalue weighted by Crippen LogP contribution is -1.97. The molecule has 0 saturated heterocycles. The zero-order chi connectivity index (χ0) is 6.69. The first-order chi connectivity index (χ1) is 4.38. The van der Waals surface area contributed by atoms with Gasteiger partial charge in [-0.3, -0.25) is 0 Å². The first-order valence-corrected chi connectivity index (χ1v) is 3.79. The Morgan fingerprint density at radius 2 is 2.44 bits per heavy atom. The maximum Gasteiger partial charge on any atom is -0.00228 e. The molecule has 0 aliphatic heterocycles. The molecule has 0 aromatic rings. The van der Waals surface area contributed by atoms with Crippen LogP contribution in [0, 0.1) is 5.92 Å². The maximum atomic E-state index is 5.36. The summed E-state index contributed by atoms with van der Waals surface area (Å²) in [5, 5.41) is 0. The summed E-state index contributed by atoms with van der Waals surface area (Å²) in [4.78, 5) is 0. The molecule has 1 aliphatic rings. The quantitative estimate of drug-likeness (QED) is 0.568. The predicted molar refractivity (Wildman–Crippen MR) is 40.2 cm³/mol. The van der Waals surface area contributed by atoms with Crippen LogP contribution in [0.25, 0.3) is 0 Å². The van der Waals surface area contributed by atoms with Crippen LogP contribution < -0.4 is 5.73 Å². The third kappa shape index (κ3) is 1.83. The van der Waals surface area contributed by atoms with E-state index in [1.165, 1.54) is 19.3 Å². The third-order valence-corrected chi connectivity index (χ3v) is 1.89. The van der Waals surface area contributed by atoms with Crippen molar-refractivity contribution in [1.29, 1.82) is 0 Å². The molecule has 1 rings (SSSR count). The average molecular weight is 125 g/mol. The van der Waals surface area contributed by atoms with E-state index in [9.17, 15) is 0 Å². The fraction of sp³-hybridized carbons (Fsp3) is 0.750. The van der Waals surface area contributed by atoms with Gasteiger partial charge in [0.2, 0.25) is 0 Å². The first-order valence-electron chi connectivity index (χ1n) is 3.79. The van der Waals surface area contributed by atoms with Crippen molar-refractivity contribution in [3.8, 4) is 0 Å². The van der Waals surface area contributed by atoms with Crippen LogP contribution in [0.15, 0.2) is 11.6 Å². The second-order valence-electron chi connectivity index (χ2n) is 2.65. The van der Waals surface area contributed by atoms with Crippen molar-refractivity contribution in [3.63, 3.8) is 0 Å². The molecular formula is C8H15N. The van der Waals surface area contributed by atoms with Gasteiger partial charge in [0, 0.05) is 0 Å². The number of hydrogen-bond acceptors (Lipinski definition) is 1. The summed E-state index contributed by atoms with van der Waals surface area (Å²) in [5.74, 6) is 0.858. The predicted octanol–water partition coefficient (Wildman–Crippen LogP) is 1.69. The molecule has 0 amide bonds. The number of rotatable bonds is 4. The van der Waals surface area contributed by atoms with Crippen LogP contribution in [0.1, 0.15) is 26.2 Å². The van der Waals surface area contributed by atoms with Crippen molar-refractivity contribution in [2.24, 2.45) is 11.7 Å². The van der Waals surface area contributed by atoms with E-state index >= 15 is 0 Å². The Labute approximate surface area is 56.9 Å². The van der Waals surface area contributed by atoms with Gasteiger partial charge in [-0.1, -0.05) is 18.6 Å². The zero-order valence-electron chi connectivity index (χ0n) is 6.06. The molecule has 0 spiro atoms. The summed E-state index contributed by atoms with van der Waals surface area (Å²) in [6.07, 6.45) is 6.06. The Morgan fingerprint density at radius 3 is 2.89 bits per heavy atom. The molecular weight excluding hydrogens is 110 g/mol. The lowest BCUT2D eigenvalue weighted by molar-refractivity contribution is 0.760. The Morgan fingerprint density at radius 1 is 1.67 bits per heavy atom. The van der Waals surface area contributed by atoms with Crippen LogP contribution in [0.4, 0.5) is 0 Å². The van der Waals surface area contributed by atoms with Crippen LogP contribution in [-0.2, 0) is 0 Å². The zero-order valence-corrected chi connectivity index (χ0v) is 6.06. The van der Waals surface area contributed by atoms with E-state index in [4.69, 9.17) is 5.73 Å². The van der Waals surface area contributed by atoms with Gasteiger partial charge in [-0.15, -0.1) is 0 Å². The Kier molecular flexibility index (Phi) is 2.29. The van der Waals surface area contributed by atoms with Gasteiger partial charge >= 0.3 is 0 Å². The lowest BCUT2D eigenvalue weighted by Gasteiger charge is -1.93. The summed E-state index contributed by atoms with van der Waals surface area (Å²) in [5.41, 5.74) is 7.01. The fourth-order valence-corrected chi connectivity index (χ4v) is 1.17. The van der Waals surface area contributed by atoms with Crippen LogP contribution in [0.5, 0.6) is 0 Å². The average Bonchev–Trinajstić information content (AvgIpc) is 2.62. The Bertz CT molecular complexity index is 116. The highest BCUT2D eigenvalue weighted by atomic mass is 14.5. The van der Waals surface area contributed by atoms with Crippen LogP contribution in [-0.4, -0.2) is 6.54 Å². The summed E-state index contributed by atoms with van der Waals surface area (Å²) >= 11 is 0. The van der Waals surface area contributed by atoms with Crippen LogP contribution in [0.2, 0.25) is 0 Å². The van der Waals surface area contributed by atoms with Crippen molar-refractivity contribution in [2.75, 3.05) is 6.54 Å². The van der Waals surface area contributed by atoms with Gasteiger partial charge < -0.3 is 5.73 Å². The fourth-order valence-electron chi connectivity index (χ4n) is 1.17. The topological polar surface area (TPSA) is 26.0 Å². The Balaban J connectivity index is 1.98. The molecule has 0 bridgehead atoms. The standard InChI is InChI=1S/C8H15N/c1-2-7-6-8(7)4-3-5-9/h6-7H,2-5,9H2,1H3/t7-/m1/s1. The highest BCUT2D eigenvalue weighted by Gasteiger charge is 2.20. The van der Waals surface area contributed by atoms with Crippen LogP contribution >= 0.6 is 0 Å². The largest absolute Gasteiger partial charge is 0.330 e. The molecule has 0 fully saturated rings. The highest BCUT2D eigenvalue weighted by molar-refractivity contribution is 5.28.